The van der Waals surface area contributed by atoms with Crippen LogP contribution in [0.4, 0.5) is 30.6 Å². The molecule has 32 heavy (non-hydrogen) atoms. The van der Waals surface area contributed by atoms with E-state index in [1.807, 2.05) is 7.05 Å². The fourth-order valence-corrected chi connectivity index (χ4v) is 4.43. The Morgan fingerprint density at radius 3 is 2.53 bits per heavy atom. The lowest BCUT2D eigenvalue weighted by Gasteiger charge is -2.35. The van der Waals surface area contributed by atoms with Gasteiger partial charge in [-0.2, -0.15) is 18.2 Å². The smallest absolute Gasteiger partial charge is 0.355 e. The highest BCUT2D eigenvalue weighted by molar-refractivity contribution is 5.85. The van der Waals surface area contributed by atoms with E-state index in [9.17, 15) is 13.2 Å². The zero-order valence-corrected chi connectivity index (χ0v) is 19.9. The Morgan fingerprint density at radius 2 is 1.81 bits per heavy atom. The number of halogens is 5. The minimum Gasteiger partial charge on any atom is -0.355 e. The monoisotopic (exact) mass is 491 g/mol. The minimum atomic E-state index is -4.39. The van der Waals surface area contributed by atoms with Crippen LogP contribution >= 0.6 is 24.8 Å². The molecule has 1 saturated heterocycles. The van der Waals surface area contributed by atoms with Crippen LogP contribution in [-0.4, -0.2) is 36.1 Å². The van der Waals surface area contributed by atoms with E-state index in [0.717, 1.165) is 69.2 Å². The number of anilines is 3. The molecule has 1 aliphatic heterocycles. The third kappa shape index (κ3) is 5.77. The molecule has 1 aliphatic carbocycles. The van der Waals surface area contributed by atoms with Gasteiger partial charge < -0.3 is 15.5 Å². The van der Waals surface area contributed by atoms with Crippen molar-refractivity contribution in [2.75, 3.05) is 30.4 Å². The largest absolute Gasteiger partial charge is 0.416 e. The fourth-order valence-electron chi connectivity index (χ4n) is 4.43. The predicted molar refractivity (Wildman–Crippen MR) is 127 cm³/mol. The van der Waals surface area contributed by atoms with Gasteiger partial charge in [-0.1, -0.05) is 6.07 Å². The minimum absolute atomic E-state index is 0. The molecule has 1 aromatic carbocycles. The number of rotatable bonds is 4. The molecule has 1 fully saturated rings. The van der Waals surface area contributed by atoms with Gasteiger partial charge in [0.15, 0.2) is 0 Å². The summed E-state index contributed by atoms with van der Waals surface area (Å²) < 4.78 is 39.9. The van der Waals surface area contributed by atoms with Crippen LogP contribution in [0.25, 0.3) is 0 Å². The molecule has 2 heterocycles. The van der Waals surface area contributed by atoms with Gasteiger partial charge in [0.25, 0.3) is 0 Å². The molecule has 1 aromatic heterocycles. The van der Waals surface area contributed by atoms with Crippen LogP contribution in [0.15, 0.2) is 18.2 Å². The molecule has 5 nitrogen and oxygen atoms in total. The molecule has 2 aromatic rings. The molecule has 10 heteroatoms. The van der Waals surface area contributed by atoms with Crippen molar-refractivity contribution in [1.29, 1.82) is 0 Å². The Kier molecular flexibility index (Phi) is 9.02. The Morgan fingerprint density at radius 1 is 1.06 bits per heavy atom. The number of aromatic nitrogens is 2. The van der Waals surface area contributed by atoms with E-state index in [2.05, 4.69) is 20.5 Å². The van der Waals surface area contributed by atoms with Gasteiger partial charge in [0.05, 0.1) is 11.3 Å². The van der Waals surface area contributed by atoms with Gasteiger partial charge in [0, 0.05) is 30.4 Å². The maximum atomic E-state index is 13.3. The highest BCUT2D eigenvalue weighted by Crippen LogP contribution is 2.35. The average molecular weight is 492 g/mol. The molecule has 178 valence electrons. The van der Waals surface area contributed by atoms with E-state index in [1.165, 1.54) is 18.6 Å². The highest BCUT2D eigenvalue weighted by Gasteiger charge is 2.32. The Labute approximate surface area is 199 Å². The first-order chi connectivity index (χ1) is 14.3. The number of benzene rings is 1. The van der Waals surface area contributed by atoms with Gasteiger partial charge in [-0.25, -0.2) is 4.98 Å². The number of hydrogen-bond donors (Lipinski definition) is 2. The van der Waals surface area contributed by atoms with Crippen molar-refractivity contribution < 1.29 is 13.2 Å². The van der Waals surface area contributed by atoms with Crippen molar-refractivity contribution >= 4 is 42.3 Å². The first kappa shape index (κ1) is 26.5. The van der Waals surface area contributed by atoms with E-state index in [-0.39, 0.29) is 30.4 Å². The second kappa shape index (κ2) is 10.9. The van der Waals surface area contributed by atoms with Gasteiger partial charge in [0.2, 0.25) is 5.95 Å². The maximum Gasteiger partial charge on any atom is 0.416 e. The third-order valence-electron chi connectivity index (χ3n) is 6.09. The molecule has 0 unspecified atom stereocenters. The predicted octanol–water partition coefficient (Wildman–Crippen LogP) is 5.46. The van der Waals surface area contributed by atoms with E-state index in [0.29, 0.717) is 17.7 Å². The summed E-state index contributed by atoms with van der Waals surface area (Å²) in [6.07, 6.45) is 1.85. The molecule has 0 radical (unpaired) electrons. The van der Waals surface area contributed by atoms with Crippen molar-refractivity contribution in [2.24, 2.45) is 0 Å². The summed E-state index contributed by atoms with van der Waals surface area (Å²) in [7, 11) is 1.98. The zero-order chi connectivity index (χ0) is 21.3. The van der Waals surface area contributed by atoms with Crippen LogP contribution in [0.1, 0.15) is 48.1 Å². The van der Waals surface area contributed by atoms with Gasteiger partial charge >= 0.3 is 6.18 Å². The van der Waals surface area contributed by atoms with Crippen LogP contribution in [0.5, 0.6) is 0 Å². The number of nitrogens with one attached hydrogen (secondary N) is 2. The van der Waals surface area contributed by atoms with E-state index < -0.39 is 11.7 Å². The summed E-state index contributed by atoms with van der Waals surface area (Å²) >= 11 is 0. The van der Waals surface area contributed by atoms with Gasteiger partial charge in [-0.05, 0) is 70.2 Å². The topological polar surface area (TPSA) is 53.1 Å². The van der Waals surface area contributed by atoms with Crippen molar-refractivity contribution in [3.8, 4) is 0 Å². The molecular weight excluding hydrogens is 462 g/mol. The fraction of sp³-hybridized carbons (Fsp3) is 0.545. The standard InChI is InChI=1S/C22H28F3N5.2ClH/c1-14-9-10-15(12-18(14)22(23,24)25)27-21-28-19-8-4-3-7-17(19)20(29-21)30-11-5-6-16(13-30)26-2;;/h9-10,12,16,26H,3-8,11,13H2,1-2H3,(H,27,28,29);2*1H/t16-;;/m1../s1. The molecular formula is C22H30Cl2F3N5. The van der Waals surface area contributed by atoms with E-state index in [4.69, 9.17) is 4.98 Å². The number of piperidine rings is 1. The molecule has 0 spiro atoms. The molecule has 4 rings (SSSR count). The van der Waals surface area contributed by atoms with Crippen molar-refractivity contribution in [1.82, 2.24) is 15.3 Å². The number of hydrogen-bond acceptors (Lipinski definition) is 5. The number of alkyl halides is 3. The van der Waals surface area contributed by atoms with Crippen LogP contribution in [-0.2, 0) is 19.0 Å². The molecule has 0 amide bonds. The zero-order valence-electron chi connectivity index (χ0n) is 18.3. The van der Waals surface area contributed by atoms with Gasteiger partial charge in [0.1, 0.15) is 5.82 Å². The summed E-state index contributed by atoms with van der Waals surface area (Å²) in [5.41, 5.74) is 2.12. The van der Waals surface area contributed by atoms with E-state index >= 15 is 0 Å². The Balaban J connectivity index is 0.00000181. The molecule has 0 bridgehead atoms. The molecule has 0 saturated carbocycles. The Bertz CT molecular complexity index is 923. The van der Waals surface area contributed by atoms with Crippen molar-refractivity contribution in [3.05, 3.63) is 40.6 Å². The lowest BCUT2D eigenvalue weighted by molar-refractivity contribution is -0.138. The maximum absolute atomic E-state index is 13.3. The molecule has 2 N–H and O–H groups in total. The summed E-state index contributed by atoms with van der Waals surface area (Å²) in [4.78, 5) is 11.8. The van der Waals surface area contributed by atoms with Crippen molar-refractivity contribution in [2.45, 2.75) is 57.7 Å². The number of fused-ring (bicyclic) bond motifs is 1. The first-order valence-electron chi connectivity index (χ1n) is 10.6. The summed E-state index contributed by atoms with van der Waals surface area (Å²) in [6.45, 7) is 3.28. The SMILES string of the molecule is CN[C@@H]1CCCN(c2nc(Nc3ccc(C)c(C(F)(F)F)c3)nc3c2CCCC3)C1.Cl.Cl. The average Bonchev–Trinajstić information content (AvgIpc) is 2.74. The van der Waals surface area contributed by atoms with Crippen LogP contribution in [0.2, 0.25) is 0 Å². The van der Waals surface area contributed by atoms with Crippen LogP contribution < -0.4 is 15.5 Å². The van der Waals surface area contributed by atoms with Crippen LogP contribution in [0, 0.1) is 6.92 Å². The third-order valence-corrected chi connectivity index (χ3v) is 6.09. The second-order valence-corrected chi connectivity index (χ2v) is 8.23. The van der Waals surface area contributed by atoms with Gasteiger partial charge in [-0.3, -0.25) is 0 Å². The Hall–Kier alpha value is -1.77. The highest BCUT2D eigenvalue weighted by atomic mass is 35.5. The molecule has 1 atom stereocenters. The quantitative estimate of drug-likeness (QED) is 0.594. The summed E-state index contributed by atoms with van der Waals surface area (Å²) in [5.74, 6) is 1.31. The number of nitrogens with zero attached hydrogens (tertiary/aromatic N) is 3. The van der Waals surface area contributed by atoms with E-state index in [1.54, 1.807) is 6.07 Å². The normalized spacial score (nSPS) is 18.3. The number of aryl methyl sites for hydroxylation is 2. The first-order valence-corrected chi connectivity index (χ1v) is 10.6. The van der Waals surface area contributed by atoms with Crippen LogP contribution in [0.3, 0.4) is 0 Å². The number of likely N-dealkylation sites (N-methyl/N-ethyl adjacent to an activating group) is 1. The lowest BCUT2D eigenvalue weighted by Crippen LogP contribution is -2.45. The van der Waals surface area contributed by atoms with Crippen molar-refractivity contribution in [3.63, 3.8) is 0 Å². The summed E-state index contributed by atoms with van der Waals surface area (Å²) in [5, 5.41) is 6.39. The molecule has 2 aliphatic rings. The van der Waals surface area contributed by atoms with Gasteiger partial charge in [-0.15, -0.1) is 24.8 Å². The lowest BCUT2D eigenvalue weighted by atomic mass is 9.95. The summed E-state index contributed by atoms with van der Waals surface area (Å²) in [6, 6.07) is 4.67. The second-order valence-electron chi connectivity index (χ2n) is 8.23.